The summed E-state index contributed by atoms with van der Waals surface area (Å²) in [6, 6.07) is -0.411. The van der Waals surface area contributed by atoms with Crippen molar-refractivity contribution in [2.45, 2.75) is 25.8 Å². The van der Waals surface area contributed by atoms with E-state index < -0.39 is 6.04 Å². The first kappa shape index (κ1) is 20.1. The van der Waals surface area contributed by atoms with Crippen LogP contribution in [0.25, 0.3) is 0 Å². The van der Waals surface area contributed by atoms with E-state index >= 15 is 0 Å². The Hall–Kier alpha value is -1.22. The first-order chi connectivity index (χ1) is 8.04. The smallest absolute Gasteiger partial charge is 0.248 e. The average Bonchev–Trinajstić information content (AvgIpc) is 2.29. The number of imide groups is 1. The van der Waals surface area contributed by atoms with Crippen LogP contribution < -0.4 is 10.6 Å². The van der Waals surface area contributed by atoms with E-state index in [1.54, 1.807) is 6.08 Å². The van der Waals surface area contributed by atoms with Crippen LogP contribution in [-0.2, 0) is 35.4 Å². The SMILES string of the molecule is [CH2-]/C(NC1CCC(=O)NC1=O)=C(/C)C=[C-]OC.[CH3-].[W]. The monoisotopic (exact) mass is 435 g/mol. The van der Waals surface area contributed by atoms with E-state index in [0.717, 1.165) is 5.57 Å². The molecule has 2 N–H and O–H groups in total. The summed E-state index contributed by atoms with van der Waals surface area (Å²) in [7, 11) is 1.50. The molecule has 1 saturated heterocycles. The van der Waals surface area contributed by atoms with Gasteiger partial charge in [0, 0.05) is 27.5 Å². The minimum atomic E-state index is -0.411. The number of nitrogens with one attached hydrogen (secondary N) is 2. The predicted molar refractivity (Wildman–Crippen MR) is 68.6 cm³/mol. The normalized spacial score (nSPS) is 19.8. The average molecular weight is 435 g/mol. The summed E-state index contributed by atoms with van der Waals surface area (Å²) in [5, 5.41) is 5.25. The summed E-state index contributed by atoms with van der Waals surface area (Å²) in [5.41, 5.74) is 1.43. The minimum Gasteiger partial charge on any atom is -0.596 e. The molecule has 0 aliphatic carbocycles. The fourth-order valence-electron chi connectivity index (χ4n) is 1.39. The number of amides is 2. The predicted octanol–water partition coefficient (Wildman–Crippen LogP) is 0.900. The van der Waals surface area contributed by atoms with Crippen molar-refractivity contribution in [1.82, 2.24) is 10.6 Å². The third-order valence-corrected chi connectivity index (χ3v) is 2.46. The fourth-order valence-corrected chi connectivity index (χ4v) is 1.39. The summed E-state index contributed by atoms with van der Waals surface area (Å²) in [6.07, 6.45) is 5.02. The molecule has 1 fully saturated rings. The van der Waals surface area contributed by atoms with Crippen LogP contribution in [0, 0.1) is 20.6 Å². The van der Waals surface area contributed by atoms with E-state index in [1.165, 1.54) is 7.11 Å². The van der Waals surface area contributed by atoms with Crippen molar-refractivity contribution < 1.29 is 35.4 Å². The second kappa shape index (κ2) is 9.67. The van der Waals surface area contributed by atoms with Gasteiger partial charge in [-0.3, -0.25) is 14.9 Å². The zero-order valence-corrected chi connectivity index (χ0v) is 14.3. The summed E-state index contributed by atoms with van der Waals surface area (Å²) in [5.74, 6) is -0.540. The molecule has 1 unspecified atom stereocenters. The van der Waals surface area contributed by atoms with Crippen LogP contribution in [0.1, 0.15) is 19.8 Å². The maximum Gasteiger partial charge on any atom is 0.248 e. The van der Waals surface area contributed by atoms with Crippen molar-refractivity contribution in [3.8, 4) is 0 Å². The molecule has 2 amide bonds. The summed E-state index contributed by atoms with van der Waals surface area (Å²) in [6.45, 7) is 5.64. The fraction of sp³-hybridized carbons (Fsp3) is 0.385. The van der Waals surface area contributed by atoms with Crippen molar-refractivity contribution in [3.63, 3.8) is 0 Å². The molecule has 1 rings (SSSR count). The number of carbonyl (C=O) groups excluding carboxylic acids is 2. The first-order valence-corrected chi connectivity index (χ1v) is 5.29. The van der Waals surface area contributed by atoms with Crippen molar-refractivity contribution >= 4 is 11.8 Å². The largest absolute Gasteiger partial charge is 0.596 e. The van der Waals surface area contributed by atoms with Gasteiger partial charge in [-0.05, 0) is 6.42 Å². The van der Waals surface area contributed by atoms with Gasteiger partial charge < -0.3 is 17.5 Å². The second-order valence-corrected chi connectivity index (χ2v) is 3.78. The number of hydrogen-bond donors (Lipinski definition) is 2. The van der Waals surface area contributed by atoms with E-state index in [2.05, 4.69) is 28.6 Å². The van der Waals surface area contributed by atoms with Crippen LogP contribution in [0.5, 0.6) is 0 Å². The molecule has 0 saturated carbocycles. The van der Waals surface area contributed by atoms with Crippen LogP contribution >= 0.6 is 0 Å². The van der Waals surface area contributed by atoms with Gasteiger partial charge in [0.25, 0.3) is 0 Å². The molecule has 0 bridgehead atoms. The molecular weight excluding hydrogens is 416 g/mol. The van der Waals surface area contributed by atoms with Crippen molar-refractivity contribution in [2.24, 2.45) is 0 Å². The van der Waals surface area contributed by atoms with E-state index in [1.807, 2.05) is 6.92 Å². The second-order valence-electron chi connectivity index (χ2n) is 3.78. The Morgan fingerprint density at radius 2 is 2.21 bits per heavy atom. The molecule has 0 aromatic heterocycles. The van der Waals surface area contributed by atoms with Gasteiger partial charge in [-0.25, -0.2) is 6.92 Å². The first-order valence-electron chi connectivity index (χ1n) is 5.29. The molecule has 19 heavy (non-hydrogen) atoms. The maximum atomic E-state index is 11.5. The summed E-state index contributed by atoms with van der Waals surface area (Å²) < 4.78 is 4.67. The molecule has 0 spiro atoms. The zero-order chi connectivity index (χ0) is 12.8. The maximum absolute atomic E-state index is 11.5. The van der Waals surface area contributed by atoms with Crippen molar-refractivity contribution in [1.29, 1.82) is 0 Å². The van der Waals surface area contributed by atoms with Crippen LogP contribution in [-0.4, -0.2) is 25.0 Å². The van der Waals surface area contributed by atoms with Gasteiger partial charge in [0.15, 0.2) is 0 Å². The third-order valence-electron chi connectivity index (χ3n) is 2.46. The number of methoxy groups -OCH3 is 1. The Bertz CT molecular complexity index is 378. The number of allylic oxidation sites excluding steroid dienone is 3. The van der Waals surface area contributed by atoms with Gasteiger partial charge in [-0.2, -0.15) is 11.6 Å². The molecule has 0 aromatic carbocycles. The number of carbonyl (C=O) groups is 2. The van der Waals surface area contributed by atoms with Crippen LogP contribution in [0.4, 0.5) is 0 Å². The number of rotatable bonds is 4. The van der Waals surface area contributed by atoms with Gasteiger partial charge >= 0.3 is 0 Å². The minimum absolute atomic E-state index is 0. The third kappa shape index (κ3) is 6.48. The Balaban J connectivity index is 0. The molecule has 1 heterocycles. The van der Waals surface area contributed by atoms with Gasteiger partial charge in [0.05, 0.1) is 7.11 Å². The van der Waals surface area contributed by atoms with Crippen LogP contribution in [0.3, 0.4) is 0 Å². The quantitative estimate of drug-likeness (QED) is 0.298. The molecule has 6 heteroatoms. The Kier molecular flexibility index (Phi) is 10.2. The molecule has 0 radical (unpaired) electrons. The van der Waals surface area contributed by atoms with Gasteiger partial charge in [0.2, 0.25) is 11.8 Å². The molecule has 108 valence electrons. The van der Waals surface area contributed by atoms with Crippen molar-refractivity contribution in [2.75, 3.05) is 7.11 Å². The molecular formula is C13H19N2O3W-3. The van der Waals surface area contributed by atoms with Crippen molar-refractivity contribution in [3.05, 3.63) is 38.0 Å². The topological polar surface area (TPSA) is 67.4 Å². The van der Waals surface area contributed by atoms with Crippen LogP contribution in [0.15, 0.2) is 17.3 Å². The molecule has 0 aromatic rings. The number of ether oxygens (including phenoxy) is 1. The van der Waals surface area contributed by atoms with E-state index in [0.29, 0.717) is 18.5 Å². The Labute approximate surface area is 129 Å². The molecule has 5 nitrogen and oxygen atoms in total. The number of hydrogen-bond acceptors (Lipinski definition) is 4. The van der Waals surface area contributed by atoms with Gasteiger partial charge in [-0.1, -0.05) is 6.26 Å². The molecule has 1 aliphatic rings. The van der Waals surface area contributed by atoms with E-state index in [9.17, 15) is 9.59 Å². The number of piperidine rings is 1. The van der Waals surface area contributed by atoms with Gasteiger partial charge in [-0.15, -0.1) is 12.6 Å². The summed E-state index contributed by atoms with van der Waals surface area (Å²) in [4.78, 5) is 22.4. The standard InChI is InChI=1S/C12H16N2O3.CH3.W/c1-8(6-7-17-3)9(2)13-10-4-5-11(15)14-12(10)16;;/h6,10,13H,2,4-5H2,1,3H3,(H,14,15,16);1H3;/q-2;-1;/b9-8+;;. The summed E-state index contributed by atoms with van der Waals surface area (Å²) >= 11 is 0. The Morgan fingerprint density at radius 3 is 2.74 bits per heavy atom. The van der Waals surface area contributed by atoms with Gasteiger partial charge in [0.1, 0.15) is 6.04 Å². The van der Waals surface area contributed by atoms with E-state index in [-0.39, 0.29) is 40.3 Å². The zero-order valence-electron chi connectivity index (χ0n) is 11.4. The van der Waals surface area contributed by atoms with Crippen LogP contribution in [0.2, 0.25) is 0 Å². The van der Waals surface area contributed by atoms with E-state index in [4.69, 9.17) is 0 Å². The Morgan fingerprint density at radius 1 is 1.58 bits per heavy atom. The molecule has 1 aliphatic heterocycles. The molecule has 1 atom stereocenters.